The van der Waals surface area contributed by atoms with E-state index in [2.05, 4.69) is 15.5 Å². The van der Waals surface area contributed by atoms with E-state index >= 15 is 0 Å². The number of ether oxygens (including phenoxy) is 1. The zero-order valence-corrected chi connectivity index (χ0v) is 17.4. The van der Waals surface area contributed by atoms with Gasteiger partial charge < -0.3 is 14.6 Å². The number of hydrogen-bond donors (Lipinski definition) is 2. The highest BCUT2D eigenvalue weighted by molar-refractivity contribution is 7.89. The second-order valence-corrected chi connectivity index (χ2v) is 8.64. The SMILES string of the molecule is CCn1c(CNC(=O)c2ccc(OC)c(S(=O)(=O)N3CCCC3)c2)n[nH]c1=S. The minimum Gasteiger partial charge on any atom is -0.495 e. The van der Waals surface area contributed by atoms with Crippen LogP contribution in [0.4, 0.5) is 0 Å². The minimum absolute atomic E-state index is 0.000728. The summed E-state index contributed by atoms with van der Waals surface area (Å²) in [6.07, 6.45) is 1.65. The number of rotatable bonds is 7. The summed E-state index contributed by atoms with van der Waals surface area (Å²) in [5.41, 5.74) is 0.232. The average Bonchev–Trinajstić information content (AvgIpc) is 3.35. The molecular formula is C17H23N5O4S2. The molecule has 0 aliphatic carbocycles. The largest absolute Gasteiger partial charge is 0.495 e. The molecule has 0 saturated carbocycles. The molecule has 0 atom stereocenters. The number of sulfonamides is 1. The van der Waals surface area contributed by atoms with Crippen molar-refractivity contribution in [2.75, 3.05) is 20.2 Å². The first-order chi connectivity index (χ1) is 13.4. The number of nitrogens with zero attached hydrogens (tertiary/aromatic N) is 3. The zero-order chi connectivity index (χ0) is 20.3. The van der Waals surface area contributed by atoms with Crippen molar-refractivity contribution in [1.82, 2.24) is 24.4 Å². The number of aromatic amines is 1. The molecule has 0 radical (unpaired) electrons. The fourth-order valence-electron chi connectivity index (χ4n) is 3.16. The summed E-state index contributed by atoms with van der Waals surface area (Å²) in [7, 11) is -2.31. The first-order valence-electron chi connectivity index (χ1n) is 8.99. The maximum Gasteiger partial charge on any atom is 0.251 e. The number of benzene rings is 1. The van der Waals surface area contributed by atoms with E-state index in [-0.39, 0.29) is 22.8 Å². The molecule has 1 aromatic heterocycles. The molecular weight excluding hydrogens is 402 g/mol. The molecule has 2 aromatic rings. The third-order valence-corrected chi connectivity index (χ3v) is 6.90. The molecule has 3 rings (SSSR count). The standard InChI is InChI=1S/C17H23N5O4S2/c1-3-22-15(19-20-17(22)27)11-18-16(23)12-6-7-13(26-2)14(10-12)28(24,25)21-8-4-5-9-21/h6-7,10H,3-5,8-9,11H2,1-2H3,(H,18,23)(H,20,27). The Morgan fingerprint density at radius 1 is 1.36 bits per heavy atom. The second-order valence-electron chi connectivity index (χ2n) is 6.35. The Kier molecular flexibility index (Phi) is 6.16. The summed E-state index contributed by atoms with van der Waals surface area (Å²) >= 11 is 5.13. The summed E-state index contributed by atoms with van der Waals surface area (Å²) in [6.45, 7) is 3.67. The fraction of sp³-hybridized carbons (Fsp3) is 0.471. The van der Waals surface area contributed by atoms with Gasteiger partial charge in [0.05, 0.1) is 13.7 Å². The second kappa shape index (κ2) is 8.41. The van der Waals surface area contributed by atoms with Crippen molar-refractivity contribution in [3.8, 4) is 5.75 Å². The molecule has 1 aliphatic heterocycles. The zero-order valence-electron chi connectivity index (χ0n) is 15.8. The van der Waals surface area contributed by atoms with Gasteiger partial charge in [0.1, 0.15) is 10.6 Å². The van der Waals surface area contributed by atoms with Crippen LogP contribution in [0.2, 0.25) is 0 Å². The van der Waals surface area contributed by atoms with E-state index in [0.717, 1.165) is 12.8 Å². The molecule has 1 fully saturated rings. The molecule has 1 aromatic carbocycles. The summed E-state index contributed by atoms with van der Waals surface area (Å²) in [4.78, 5) is 12.6. The lowest BCUT2D eigenvalue weighted by Gasteiger charge is -2.18. The Morgan fingerprint density at radius 3 is 2.71 bits per heavy atom. The van der Waals surface area contributed by atoms with Crippen molar-refractivity contribution in [2.45, 2.75) is 37.8 Å². The van der Waals surface area contributed by atoms with Crippen LogP contribution in [-0.4, -0.2) is 53.6 Å². The van der Waals surface area contributed by atoms with Crippen LogP contribution in [0.1, 0.15) is 35.9 Å². The smallest absolute Gasteiger partial charge is 0.251 e. The number of carbonyl (C=O) groups is 1. The topological polar surface area (TPSA) is 109 Å². The van der Waals surface area contributed by atoms with Gasteiger partial charge in [-0.2, -0.15) is 9.40 Å². The quantitative estimate of drug-likeness (QED) is 0.654. The number of amides is 1. The predicted molar refractivity (Wildman–Crippen MR) is 105 cm³/mol. The maximum absolute atomic E-state index is 12.9. The molecule has 9 nitrogen and oxygen atoms in total. The molecule has 11 heteroatoms. The Morgan fingerprint density at radius 2 is 2.07 bits per heavy atom. The Balaban J connectivity index is 1.84. The van der Waals surface area contributed by atoms with Crippen LogP contribution in [0.15, 0.2) is 23.1 Å². The van der Waals surface area contributed by atoms with Crippen molar-refractivity contribution in [2.24, 2.45) is 0 Å². The Bertz CT molecular complexity index is 1020. The lowest BCUT2D eigenvalue weighted by molar-refractivity contribution is 0.0949. The van der Waals surface area contributed by atoms with Crippen LogP contribution in [0, 0.1) is 4.77 Å². The molecule has 0 unspecified atom stereocenters. The van der Waals surface area contributed by atoms with Crippen molar-refractivity contribution in [3.05, 3.63) is 34.4 Å². The average molecular weight is 426 g/mol. The summed E-state index contributed by atoms with van der Waals surface area (Å²) < 4.78 is 34.8. The van der Waals surface area contributed by atoms with Gasteiger partial charge in [-0.1, -0.05) is 0 Å². The van der Waals surface area contributed by atoms with Crippen LogP contribution >= 0.6 is 12.2 Å². The van der Waals surface area contributed by atoms with E-state index in [1.807, 2.05) is 6.92 Å². The minimum atomic E-state index is -3.72. The third kappa shape index (κ3) is 3.96. The van der Waals surface area contributed by atoms with E-state index < -0.39 is 15.9 Å². The Hall–Kier alpha value is -2.24. The van der Waals surface area contributed by atoms with Crippen LogP contribution in [-0.2, 0) is 23.1 Å². The van der Waals surface area contributed by atoms with Gasteiger partial charge in [-0.05, 0) is 50.2 Å². The molecule has 0 spiro atoms. The summed E-state index contributed by atoms with van der Waals surface area (Å²) in [6, 6.07) is 4.40. The maximum atomic E-state index is 12.9. The van der Waals surface area contributed by atoms with Gasteiger partial charge in [-0.15, -0.1) is 0 Å². The monoisotopic (exact) mass is 425 g/mol. The number of nitrogens with one attached hydrogen (secondary N) is 2. The van der Waals surface area contributed by atoms with Crippen LogP contribution in [0.3, 0.4) is 0 Å². The number of aromatic nitrogens is 3. The normalized spacial score (nSPS) is 14.9. The molecule has 1 saturated heterocycles. The molecule has 1 amide bonds. The lowest BCUT2D eigenvalue weighted by atomic mass is 10.2. The first-order valence-corrected chi connectivity index (χ1v) is 10.8. The molecule has 2 N–H and O–H groups in total. The van der Waals surface area contributed by atoms with Crippen LogP contribution in [0.5, 0.6) is 5.75 Å². The summed E-state index contributed by atoms with van der Waals surface area (Å²) in [5.74, 6) is 0.409. The highest BCUT2D eigenvalue weighted by Gasteiger charge is 2.30. The van der Waals surface area contributed by atoms with Gasteiger partial charge in [0.15, 0.2) is 10.6 Å². The van der Waals surface area contributed by atoms with Gasteiger partial charge in [0.2, 0.25) is 10.0 Å². The summed E-state index contributed by atoms with van der Waals surface area (Å²) in [5, 5.41) is 9.54. The molecule has 0 bridgehead atoms. The van der Waals surface area contributed by atoms with Crippen molar-refractivity contribution in [1.29, 1.82) is 0 Å². The number of methoxy groups -OCH3 is 1. The molecule has 2 heterocycles. The van der Waals surface area contributed by atoms with Gasteiger partial charge in [-0.3, -0.25) is 9.89 Å². The van der Waals surface area contributed by atoms with Crippen LogP contribution in [0.25, 0.3) is 0 Å². The van der Waals surface area contributed by atoms with Gasteiger partial charge >= 0.3 is 0 Å². The van der Waals surface area contributed by atoms with Gasteiger partial charge in [0.25, 0.3) is 5.91 Å². The third-order valence-electron chi connectivity index (χ3n) is 4.67. The highest BCUT2D eigenvalue weighted by atomic mass is 32.2. The van der Waals surface area contributed by atoms with E-state index in [1.54, 1.807) is 4.57 Å². The van der Waals surface area contributed by atoms with Crippen molar-refractivity contribution < 1.29 is 17.9 Å². The predicted octanol–water partition coefficient (Wildman–Crippen LogP) is 1.68. The van der Waals surface area contributed by atoms with Crippen molar-refractivity contribution in [3.63, 3.8) is 0 Å². The number of carbonyl (C=O) groups excluding carboxylic acids is 1. The fourth-order valence-corrected chi connectivity index (χ4v) is 5.14. The highest BCUT2D eigenvalue weighted by Crippen LogP contribution is 2.29. The molecule has 28 heavy (non-hydrogen) atoms. The van der Waals surface area contributed by atoms with Crippen LogP contribution < -0.4 is 10.1 Å². The van der Waals surface area contributed by atoms with E-state index in [9.17, 15) is 13.2 Å². The molecule has 152 valence electrons. The van der Waals surface area contributed by atoms with E-state index in [4.69, 9.17) is 17.0 Å². The van der Waals surface area contributed by atoms with Crippen molar-refractivity contribution >= 4 is 28.1 Å². The van der Waals surface area contributed by atoms with Gasteiger partial charge in [-0.25, -0.2) is 8.42 Å². The first kappa shape index (κ1) is 20.5. The number of hydrogen-bond acceptors (Lipinski definition) is 6. The van der Waals surface area contributed by atoms with E-state index in [0.29, 0.717) is 30.2 Å². The lowest BCUT2D eigenvalue weighted by Crippen LogP contribution is -2.29. The van der Waals surface area contributed by atoms with E-state index in [1.165, 1.54) is 29.6 Å². The number of H-pyrrole nitrogens is 1. The Labute approximate surface area is 168 Å². The molecule has 1 aliphatic rings. The van der Waals surface area contributed by atoms with Gasteiger partial charge in [0, 0.05) is 25.2 Å².